The molecule has 1 aliphatic heterocycles. The summed E-state index contributed by atoms with van der Waals surface area (Å²) in [5, 5.41) is 0. The number of halogens is 1. The molecule has 0 unspecified atom stereocenters. The molecule has 1 atom stereocenters. The molecule has 0 N–H and O–H groups in total. The Bertz CT molecular complexity index is 1040. The van der Waals surface area contributed by atoms with Crippen LogP contribution >= 0.6 is 22.9 Å². The summed E-state index contributed by atoms with van der Waals surface area (Å²) in [6.45, 7) is 7.02. The van der Waals surface area contributed by atoms with Crippen molar-refractivity contribution in [3.05, 3.63) is 87.4 Å². The van der Waals surface area contributed by atoms with Crippen LogP contribution in [0.5, 0.6) is 0 Å². The largest absolute Gasteiger partial charge is 0.333 e. The molecule has 28 heavy (non-hydrogen) atoms. The molecule has 0 bridgehead atoms. The summed E-state index contributed by atoms with van der Waals surface area (Å²) >= 11 is 7.91. The van der Waals surface area contributed by atoms with Gasteiger partial charge in [0.1, 0.15) is 0 Å². The van der Waals surface area contributed by atoms with Gasteiger partial charge in [0.15, 0.2) is 0 Å². The second-order valence-electron chi connectivity index (χ2n) is 6.88. The van der Waals surface area contributed by atoms with Crippen LogP contribution in [-0.4, -0.2) is 22.3 Å². The molecule has 0 saturated carbocycles. The van der Waals surface area contributed by atoms with Gasteiger partial charge in [-0.05, 0) is 46.9 Å². The first-order valence-corrected chi connectivity index (χ1v) is 10.5. The summed E-state index contributed by atoms with van der Waals surface area (Å²) in [5.41, 5.74) is 6.00. The van der Waals surface area contributed by atoms with Crippen molar-refractivity contribution >= 4 is 28.8 Å². The summed E-state index contributed by atoms with van der Waals surface area (Å²) in [4.78, 5) is 19.8. The second kappa shape index (κ2) is 7.90. The van der Waals surface area contributed by atoms with E-state index in [1.165, 1.54) is 28.3 Å². The minimum atomic E-state index is -0.0479. The van der Waals surface area contributed by atoms with Gasteiger partial charge >= 0.3 is 0 Å². The van der Waals surface area contributed by atoms with E-state index in [2.05, 4.69) is 54.9 Å². The summed E-state index contributed by atoms with van der Waals surface area (Å²) in [5.74, 6) is 0.0193. The average Bonchev–Trinajstić information content (AvgIpc) is 3.12. The Labute approximate surface area is 174 Å². The predicted octanol–water partition coefficient (Wildman–Crippen LogP) is 5.69. The van der Waals surface area contributed by atoms with Crippen LogP contribution < -0.4 is 0 Å². The molecule has 1 amide bonds. The number of hydrogen-bond donors (Lipinski definition) is 0. The monoisotopic (exact) mass is 408 g/mol. The summed E-state index contributed by atoms with van der Waals surface area (Å²) in [7, 11) is 0. The maximum absolute atomic E-state index is 12.4. The molecule has 3 aromatic rings. The van der Waals surface area contributed by atoms with E-state index >= 15 is 0 Å². The lowest BCUT2D eigenvalue weighted by Gasteiger charge is -2.33. The lowest BCUT2D eigenvalue weighted by Crippen LogP contribution is -2.37. The highest BCUT2D eigenvalue weighted by Gasteiger charge is 2.31. The van der Waals surface area contributed by atoms with Gasteiger partial charge in [0.05, 0.1) is 10.9 Å². The molecule has 1 aromatic carbocycles. The maximum Gasteiger partial charge on any atom is 0.246 e. The molecule has 0 fully saturated rings. The van der Waals surface area contributed by atoms with Crippen LogP contribution in [0.2, 0.25) is 4.34 Å². The van der Waals surface area contributed by atoms with Crippen LogP contribution in [0.1, 0.15) is 34.4 Å². The van der Waals surface area contributed by atoms with E-state index in [9.17, 15) is 4.79 Å². The number of nitrogens with zero attached hydrogens (tertiary/aromatic N) is 2. The zero-order valence-corrected chi connectivity index (χ0v) is 17.3. The Morgan fingerprint density at radius 3 is 2.93 bits per heavy atom. The van der Waals surface area contributed by atoms with E-state index in [0.717, 1.165) is 21.2 Å². The lowest BCUT2D eigenvalue weighted by molar-refractivity contribution is -0.127. The van der Waals surface area contributed by atoms with Crippen molar-refractivity contribution in [2.45, 2.75) is 25.8 Å². The predicted molar refractivity (Wildman–Crippen MR) is 116 cm³/mol. The number of aromatic nitrogens is 1. The molecule has 1 aliphatic rings. The first-order chi connectivity index (χ1) is 13.6. The van der Waals surface area contributed by atoms with Crippen LogP contribution in [0.4, 0.5) is 0 Å². The third-order valence-corrected chi connectivity index (χ3v) is 6.59. The van der Waals surface area contributed by atoms with Crippen molar-refractivity contribution in [3.63, 3.8) is 0 Å². The number of aryl methyl sites for hydroxylation is 1. The maximum atomic E-state index is 12.4. The van der Waals surface area contributed by atoms with Crippen LogP contribution in [0.15, 0.2) is 61.4 Å². The molecule has 3 heterocycles. The normalized spacial score (nSPS) is 15.9. The Morgan fingerprint density at radius 2 is 2.14 bits per heavy atom. The number of thiophene rings is 1. The number of hydrogen-bond acceptors (Lipinski definition) is 3. The number of amides is 1. The van der Waals surface area contributed by atoms with Gasteiger partial charge in [-0.2, -0.15) is 0 Å². The summed E-state index contributed by atoms with van der Waals surface area (Å²) < 4.78 is 0.760. The van der Waals surface area contributed by atoms with Crippen molar-refractivity contribution in [1.29, 1.82) is 0 Å². The number of pyridine rings is 1. The molecule has 2 aromatic heterocycles. The third kappa shape index (κ3) is 3.38. The molecular weight excluding hydrogens is 388 g/mol. The van der Waals surface area contributed by atoms with Gasteiger partial charge in [0.25, 0.3) is 0 Å². The number of rotatable bonds is 4. The standard InChI is InChI=1S/C23H21ClN2OS/c1-3-15-9-10-25-12-19(15)16-7-5-6-8-17(16)20-13-26(23(27)4-2)14-21-18(20)11-22(24)28-21/h4-12,20H,2-3,13-14H2,1H3/t20-/m0/s1. The number of fused-ring (bicyclic) bond motifs is 1. The van der Waals surface area contributed by atoms with E-state index in [1.54, 1.807) is 11.3 Å². The fourth-order valence-corrected chi connectivity index (χ4v) is 5.32. The molecule has 0 aliphatic carbocycles. The van der Waals surface area contributed by atoms with Crippen molar-refractivity contribution in [3.8, 4) is 11.1 Å². The van der Waals surface area contributed by atoms with Crippen LogP contribution in [0, 0.1) is 0 Å². The third-order valence-electron chi connectivity index (χ3n) is 5.33. The Hall–Kier alpha value is -2.43. The minimum Gasteiger partial charge on any atom is -0.333 e. The molecule has 0 radical (unpaired) electrons. The lowest BCUT2D eigenvalue weighted by atomic mass is 9.83. The van der Waals surface area contributed by atoms with Crippen LogP contribution in [-0.2, 0) is 17.8 Å². The van der Waals surface area contributed by atoms with Crippen molar-refractivity contribution in [1.82, 2.24) is 9.88 Å². The molecule has 0 saturated heterocycles. The Kier molecular flexibility index (Phi) is 5.33. The Balaban J connectivity index is 1.87. The fourth-order valence-electron chi connectivity index (χ4n) is 3.97. The Morgan fingerprint density at radius 1 is 1.32 bits per heavy atom. The highest BCUT2D eigenvalue weighted by atomic mass is 35.5. The van der Waals surface area contributed by atoms with E-state index in [1.807, 2.05) is 17.3 Å². The van der Waals surface area contributed by atoms with Gasteiger partial charge in [-0.25, -0.2) is 0 Å². The van der Waals surface area contributed by atoms with Gasteiger partial charge < -0.3 is 4.90 Å². The van der Waals surface area contributed by atoms with E-state index in [-0.39, 0.29) is 11.8 Å². The van der Waals surface area contributed by atoms with Gasteiger partial charge in [-0.3, -0.25) is 9.78 Å². The van der Waals surface area contributed by atoms with E-state index < -0.39 is 0 Å². The van der Waals surface area contributed by atoms with Crippen molar-refractivity contribution in [2.75, 3.05) is 6.54 Å². The summed E-state index contributed by atoms with van der Waals surface area (Å²) in [6.07, 6.45) is 6.11. The highest BCUT2D eigenvalue weighted by molar-refractivity contribution is 7.16. The molecule has 3 nitrogen and oxygen atoms in total. The van der Waals surface area contributed by atoms with Crippen molar-refractivity contribution < 1.29 is 4.79 Å². The zero-order valence-electron chi connectivity index (χ0n) is 15.7. The SMILES string of the molecule is C=CC(=O)N1Cc2sc(Cl)cc2[C@H](c2ccccc2-c2cnccc2CC)C1. The van der Waals surface area contributed by atoms with E-state index in [0.29, 0.717) is 13.1 Å². The van der Waals surface area contributed by atoms with E-state index in [4.69, 9.17) is 11.6 Å². The fraction of sp³-hybridized carbons (Fsp3) is 0.217. The summed E-state index contributed by atoms with van der Waals surface area (Å²) in [6, 6.07) is 12.6. The second-order valence-corrected chi connectivity index (χ2v) is 8.65. The first kappa shape index (κ1) is 18.9. The van der Waals surface area contributed by atoms with Crippen molar-refractivity contribution in [2.24, 2.45) is 0 Å². The minimum absolute atomic E-state index is 0.0479. The van der Waals surface area contributed by atoms with Crippen LogP contribution in [0.25, 0.3) is 11.1 Å². The van der Waals surface area contributed by atoms with Gasteiger partial charge in [-0.1, -0.05) is 49.4 Å². The first-order valence-electron chi connectivity index (χ1n) is 9.34. The quantitative estimate of drug-likeness (QED) is 0.520. The molecular formula is C23H21ClN2OS. The topological polar surface area (TPSA) is 33.2 Å². The number of carbonyl (C=O) groups is 1. The average molecular weight is 409 g/mol. The molecule has 4 rings (SSSR count). The molecule has 142 valence electrons. The van der Waals surface area contributed by atoms with Crippen LogP contribution in [0.3, 0.4) is 0 Å². The highest BCUT2D eigenvalue weighted by Crippen LogP contribution is 2.43. The van der Waals surface area contributed by atoms with Gasteiger partial charge in [-0.15, -0.1) is 11.3 Å². The molecule has 5 heteroatoms. The zero-order chi connectivity index (χ0) is 19.7. The molecule has 0 spiro atoms. The smallest absolute Gasteiger partial charge is 0.246 e. The number of benzene rings is 1. The van der Waals surface area contributed by atoms with Gasteiger partial charge in [0.2, 0.25) is 5.91 Å². The van der Waals surface area contributed by atoms with Gasteiger partial charge in [0, 0.05) is 35.3 Å². The number of carbonyl (C=O) groups excluding carboxylic acids is 1.